The van der Waals surface area contributed by atoms with Gasteiger partial charge < -0.3 is 0 Å². The smallest absolute Gasteiger partial charge is 0.0917 e. The highest BCUT2D eigenvalue weighted by Crippen LogP contribution is 1.83. The first-order chi connectivity index (χ1) is 6.45. The van der Waals surface area contributed by atoms with Gasteiger partial charge in [-0.25, -0.2) is 0 Å². The fourth-order valence-electron chi connectivity index (χ4n) is 1.07. The number of rotatable bonds is 4. The van der Waals surface area contributed by atoms with Crippen LogP contribution in [0.1, 0.15) is 0 Å². The van der Waals surface area contributed by atoms with Crippen LogP contribution in [0.25, 0.3) is 0 Å². The Labute approximate surface area is 76.0 Å². The molecule has 68 valence electrons. The monoisotopic (exact) mass is 177 g/mol. The van der Waals surface area contributed by atoms with Gasteiger partial charge in [0.2, 0.25) is 0 Å². The van der Waals surface area contributed by atoms with Crippen molar-refractivity contribution in [1.82, 2.24) is 24.9 Å². The highest BCUT2D eigenvalue weighted by atomic mass is 15.4. The maximum Gasteiger partial charge on any atom is 0.0917 e. The Hall–Kier alpha value is -1.62. The lowest BCUT2D eigenvalue weighted by molar-refractivity contribution is 0.434. The Morgan fingerprint density at radius 3 is 1.85 bits per heavy atom. The van der Waals surface area contributed by atoms with Crippen molar-refractivity contribution < 1.29 is 0 Å². The van der Waals surface area contributed by atoms with Gasteiger partial charge in [0, 0.05) is 24.8 Å². The molecule has 2 heterocycles. The average molecular weight is 177 g/mol. The molecule has 13 heavy (non-hydrogen) atoms. The maximum atomic E-state index is 4.06. The van der Waals surface area contributed by atoms with Crippen molar-refractivity contribution in [3.8, 4) is 0 Å². The van der Waals surface area contributed by atoms with E-state index in [0.29, 0.717) is 13.3 Å². The molecule has 0 saturated heterocycles. The van der Waals surface area contributed by atoms with E-state index in [0.717, 1.165) is 0 Å². The zero-order chi connectivity index (χ0) is 8.93. The second-order valence-corrected chi connectivity index (χ2v) is 2.66. The Bertz CT molecular complexity index is 289. The number of nitrogens with one attached hydrogen (secondary N) is 1. The van der Waals surface area contributed by atoms with Gasteiger partial charge in [0.15, 0.2) is 0 Å². The van der Waals surface area contributed by atoms with Crippen LogP contribution >= 0.6 is 0 Å². The molecule has 0 aliphatic rings. The number of aromatic nitrogens is 4. The van der Waals surface area contributed by atoms with Crippen molar-refractivity contribution in [1.29, 1.82) is 0 Å². The summed E-state index contributed by atoms with van der Waals surface area (Å²) in [6, 6.07) is 3.80. The van der Waals surface area contributed by atoms with Crippen LogP contribution in [0.2, 0.25) is 0 Å². The minimum absolute atomic E-state index is 0.701. The molecule has 5 nitrogen and oxygen atoms in total. The fourth-order valence-corrected chi connectivity index (χ4v) is 1.07. The van der Waals surface area contributed by atoms with Crippen LogP contribution in [-0.2, 0) is 13.3 Å². The third-order valence-corrected chi connectivity index (χ3v) is 1.67. The largest absolute Gasteiger partial charge is 0.279 e. The molecule has 5 heteroatoms. The Morgan fingerprint density at radius 2 is 1.46 bits per heavy atom. The van der Waals surface area contributed by atoms with Gasteiger partial charge in [-0.15, -0.1) is 0 Å². The second kappa shape index (κ2) is 3.86. The maximum absolute atomic E-state index is 4.06. The van der Waals surface area contributed by atoms with Crippen molar-refractivity contribution in [2.75, 3.05) is 0 Å². The van der Waals surface area contributed by atoms with Crippen molar-refractivity contribution >= 4 is 0 Å². The van der Waals surface area contributed by atoms with Crippen LogP contribution < -0.4 is 5.32 Å². The SMILES string of the molecule is c1cnn(CNCn2cccn2)c1. The van der Waals surface area contributed by atoms with E-state index >= 15 is 0 Å². The van der Waals surface area contributed by atoms with E-state index in [1.54, 1.807) is 12.4 Å². The zero-order valence-corrected chi connectivity index (χ0v) is 7.17. The van der Waals surface area contributed by atoms with E-state index in [1.165, 1.54) is 0 Å². The lowest BCUT2D eigenvalue weighted by atomic mass is 10.7. The Balaban J connectivity index is 1.76. The van der Waals surface area contributed by atoms with E-state index < -0.39 is 0 Å². The molecule has 0 fully saturated rings. The fraction of sp³-hybridized carbons (Fsp3) is 0.250. The summed E-state index contributed by atoms with van der Waals surface area (Å²) >= 11 is 0. The second-order valence-electron chi connectivity index (χ2n) is 2.66. The zero-order valence-electron chi connectivity index (χ0n) is 7.17. The van der Waals surface area contributed by atoms with Crippen LogP contribution in [0, 0.1) is 0 Å². The molecule has 2 aromatic heterocycles. The highest BCUT2D eigenvalue weighted by Gasteiger charge is 1.90. The molecule has 0 aromatic carbocycles. The van der Waals surface area contributed by atoms with Gasteiger partial charge >= 0.3 is 0 Å². The highest BCUT2D eigenvalue weighted by molar-refractivity contribution is 4.78. The topological polar surface area (TPSA) is 47.7 Å². The first kappa shape index (κ1) is 8.00. The van der Waals surface area contributed by atoms with E-state index in [-0.39, 0.29) is 0 Å². The van der Waals surface area contributed by atoms with Crippen molar-refractivity contribution in [2.45, 2.75) is 13.3 Å². The number of hydrogen-bond donors (Lipinski definition) is 1. The summed E-state index contributed by atoms with van der Waals surface area (Å²) < 4.78 is 3.65. The minimum atomic E-state index is 0.701. The van der Waals surface area contributed by atoms with Crippen molar-refractivity contribution in [3.05, 3.63) is 36.9 Å². The van der Waals surface area contributed by atoms with E-state index in [2.05, 4.69) is 15.5 Å². The van der Waals surface area contributed by atoms with Crippen LogP contribution in [0.5, 0.6) is 0 Å². The molecular weight excluding hydrogens is 166 g/mol. The summed E-state index contributed by atoms with van der Waals surface area (Å²) in [6.45, 7) is 1.40. The summed E-state index contributed by atoms with van der Waals surface area (Å²) in [7, 11) is 0. The summed E-state index contributed by atoms with van der Waals surface area (Å²) in [4.78, 5) is 0. The van der Waals surface area contributed by atoms with Crippen molar-refractivity contribution in [2.24, 2.45) is 0 Å². The number of nitrogens with zero attached hydrogens (tertiary/aromatic N) is 4. The molecule has 0 aliphatic carbocycles. The van der Waals surface area contributed by atoms with Gasteiger partial charge in [0.05, 0.1) is 13.3 Å². The number of hydrogen-bond acceptors (Lipinski definition) is 3. The minimum Gasteiger partial charge on any atom is -0.279 e. The quantitative estimate of drug-likeness (QED) is 0.730. The first-order valence-electron chi connectivity index (χ1n) is 4.11. The first-order valence-corrected chi connectivity index (χ1v) is 4.11. The average Bonchev–Trinajstić information content (AvgIpc) is 2.75. The molecule has 0 unspecified atom stereocenters. The van der Waals surface area contributed by atoms with Crippen LogP contribution in [0.15, 0.2) is 36.9 Å². The van der Waals surface area contributed by atoms with Crippen LogP contribution in [-0.4, -0.2) is 19.6 Å². The van der Waals surface area contributed by atoms with Crippen LogP contribution in [0.4, 0.5) is 0 Å². The summed E-state index contributed by atoms with van der Waals surface area (Å²) in [6.07, 6.45) is 7.34. The van der Waals surface area contributed by atoms with Crippen molar-refractivity contribution in [3.63, 3.8) is 0 Å². The van der Waals surface area contributed by atoms with E-state index in [4.69, 9.17) is 0 Å². The molecular formula is C8H11N5. The molecule has 0 amide bonds. The van der Waals surface area contributed by atoms with Gasteiger partial charge in [-0.2, -0.15) is 10.2 Å². The molecule has 0 saturated carbocycles. The molecule has 1 N–H and O–H groups in total. The van der Waals surface area contributed by atoms with Gasteiger partial charge in [0.25, 0.3) is 0 Å². The molecule has 0 aliphatic heterocycles. The van der Waals surface area contributed by atoms with Gasteiger partial charge in [-0.05, 0) is 12.1 Å². The molecule has 0 spiro atoms. The standard InChI is InChI=1S/C8H11N5/c1-3-10-12(5-1)7-9-8-13-6-2-4-11-13/h1-6,9H,7-8H2. The van der Waals surface area contributed by atoms with Crippen LogP contribution in [0.3, 0.4) is 0 Å². The predicted molar refractivity (Wildman–Crippen MR) is 47.6 cm³/mol. The lowest BCUT2D eigenvalue weighted by Gasteiger charge is -2.04. The molecule has 2 rings (SSSR count). The summed E-state index contributed by atoms with van der Waals surface area (Å²) in [5.74, 6) is 0. The normalized spacial score (nSPS) is 10.5. The third kappa shape index (κ3) is 2.16. The van der Waals surface area contributed by atoms with E-state index in [9.17, 15) is 0 Å². The third-order valence-electron chi connectivity index (χ3n) is 1.67. The van der Waals surface area contributed by atoms with E-state index in [1.807, 2.05) is 33.9 Å². The molecule has 0 radical (unpaired) electrons. The summed E-state index contributed by atoms with van der Waals surface area (Å²) in [5, 5.41) is 11.3. The molecule has 0 atom stereocenters. The lowest BCUT2D eigenvalue weighted by Crippen LogP contribution is -2.22. The molecule has 0 bridgehead atoms. The molecule has 2 aromatic rings. The van der Waals surface area contributed by atoms with Gasteiger partial charge in [-0.1, -0.05) is 0 Å². The summed E-state index contributed by atoms with van der Waals surface area (Å²) in [5.41, 5.74) is 0. The Morgan fingerprint density at radius 1 is 0.923 bits per heavy atom. The Kier molecular flexibility index (Phi) is 2.38. The predicted octanol–water partition coefficient (Wildman–Crippen LogP) is 0.284. The van der Waals surface area contributed by atoms with Gasteiger partial charge in [0.1, 0.15) is 0 Å². The van der Waals surface area contributed by atoms with Gasteiger partial charge in [-0.3, -0.25) is 14.7 Å².